The Bertz CT molecular complexity index is 659. The molecule has 4 nitrogen and oxygen atoms in total. The standard InChI is InChI=1S/C14H11Cl2NO3/c1-9-2-3-10(8-15)6-13(9)20-14-7-11(17(18)19)4-5-12(14)16/h2-7H,8H2,1H3. The van der Waals surface area contributed by atoms with Gasteiger partial charge in [-0.25, -0.2) is 0 Å². The summed E-state index contributed by atoms with van der Waals surface area (Å²) in [4.78, 5) is 10.3. The molecule has 0 radical (unpaired) electrons. The summed E-state index contributed by atoms with van der Waals surface area (Å²) in [5.74, 6) is 1.18. The molecule has 0 aliphatic heterocycles. The van der Waals surface area contributed by atoms with E-state index in [0.29, 0.717) is 16.7 Å². The lowest BCUT2D eigenvalue weighted by Crippen LogP contribution is -1.93. The monoisotopic (exact) mass is 311 g/mol. The topological polar surface area (TPSA) is 52.4 Å². The number of aryl methyl sites for hydroxylation is 1. The van der Waals surface area contributed by atoms with Crippen molar-refractivity contribution in [2.24, 2.45) is 0 Å². The number of nitro groups is 1. The van der Waals surface area contributed by atoms with Gasteiger partial charge in [0.05, 0.1) is 16.0 Å². The summed E-state index contributed by atoms with van der Waals surface area (Å²) in [5.41, 5.74) is 1.71. The quantitative estimate of drug-likeness (QED) is 0.449. The number of nitro benzene ring substituents is 1. The van der Waals surface area contributed by atoms with Gasteiger partial charge < -0.3 is 4.74 Å². The molecule has 0 N–H and O–H groups in total. The van der Waals surface area contributed by atoms with Gasteiger partial charge in [0.1, 0.15) is 5.75 Å². The first kappa shape index (κ1) is 14.6. The Morgan fingerprint density at radius 3 is 2.60 bits per heavy atom. The number of hydrogen-bond donors (Lipinski definition) is 0. The molecule has 0 spiro atoms. The molecule has 6 heteroatoms. The second kappa shape index (κ2) is 6.11. The fourth-order valence-electron chi connectivity index (χ4n) is 1.64. The first-order valence-corrected chi connectivity index (χ1v) is 6.70. The minimum atomic E-state index is -0.495. The van der Waals surface area contributed by atoms with Crippen molar-refractivity contribution in [3.63, 3.8) is 0 Å². The molecule has 0 bridgehead atoms. The summed E-state index contributed by atoms with van der Waals surface area (Å²) in [6.45, 7) is 1.87. The predicted molar refractivity (Wildman–Crippen MR) is 78.9 cm³/mol. The Balaban J connectivity index is 2.38. The van der Waals surface area contributed by atoms with E-state index in [0.717, 1.165) is 11.1 Å². The largest absolute Gasteiger partial charge is 0.455 e. The second-order valence-electron chi connectivity index (χ2n) is 4.21. The third-order valence-electron chi connectivity index (χ3n) is 2.75. The van der Waals surface area contributed by atoms with Crippen molar-refractivity contribution in [3.05, 3.63) is 62.7 Å². The van der Waals surface area contributed by atoms with Crippen LogP contribution in [0.2, 0.25) is 5.02 Å². The zero-order valence-electron chi connectivity index (χ0n) is 10.6. The van der Waals surface area contributed by atoms with Gasteiger partial charge >= 0.3 is 0 Å². The van der Waals surface area contributed by atoms with Crippen molar-refractivity contribution < 1.29 is 9.66 Å². The fourth-order valence-corrected chi connectivity index (χ4v) is 1.96. The molecule has 0 fully saturated rings. The summed E-state index contributed by atoms with van der Waals surface area (Å²) < 4.78 is 5.68. The number of rotatable bonds is 4. The lowest BCUT2D eigenvalue weighted by Gasteiger charge is -2.11. The highest BCUT2D eigenvalue weighted by Gasteiger charge is 2.12. The van der Waals surface area contributed by atoms with Crippen molar-refractivity contribution in [1.29, 1.82) is 0 Å². The average Bonchev–Trinajstić information content (AvgIpc) is 2.43. The third kappa shape index (κ3) is 3.21. The molecule has 0 aliphatic rings. The molecule has 0 saturated heterocycles. The van der Waals surface area contributed by atoms with Gasteiger partial charge in [0, 0.05) is 11.9 Å². The van der Waals surface area contributed by atoms with Crippen molar-refractivity contribution in [2.75, 3.05) is 0 Å². The Kier molecular flexibility index (Phi) is 4.47. The van der Waals surface area contributed by atoms with Crippen molar-refractivity contribution in [3.8, 4) is 11.5 Å². The number of benzene rings is 2. The van der Waals surface area contributed by atoms with Gasteiger partial charge in [0.15, 0.2) is 5.75 Å². The molecule has 2 rings (SSSR count). The number of alkyl halides is 1. The predicted octanol–water partition coefficient (Wildman–Crippen LogP) is 5.09. The van der Waals surface area contributed by atoms with E-state index < -0.39 is 4.92 Å². The van der Waals surface area contributed by atoms with E-state index in [1.165, 1.54) is 18.2 Å². The van der Waals surface area contributed by atoms with Gasteiger partial charge in [-0.15, -0.1) is 11.6 Å². The van der Waals surface area contributed by atoms with Gasteiger partial charge in [-0.05, 0) is 30.2 Å². The van der Waals surface area contributed by atoms with Gasteiger partial charge in [-0.3, -0.25) is 10.1 Å². The number of ether oxygens (including phenoxy) is 1. The maximum Gasteiger partial charge on any atom is 0.273 e. The molecule has 2 aromatic carbocycles. The maximum atomic E-state index is 10.8. The molecule has 0 saturated carbocycles. The van der Waals surface area contributed by atoms with Crippen LogP contribution in [0.1, 0.15) is 11.1 Å². The van der Waals surface area contributed by atoms with Crippen molar-refractivity contribution in [2.45, 2.75) is 12.8 Å². The van der Waals surface area contributed by atoms with Crippen LogP contribution in [0.4, 0.5) is 5.69 Å². The maximum absolute atomic E-state index is 10.8. The Hall–Kier alpha value is -1.78. The first-order chi connectivity index (χ1) is 9.51. The minimum Gasteiger partial charge on any atom is -0.455 e. The van der Waals surface area contributed by atoms with Crippen LogP contribution < -0.4 is 4.74 Å². The van der Waals surface area contributed by atoms with E-state index in [2.05, 4.69) is 0 Å². The van der Waals surface area contributed by atoms with Crippen molar-refractivity contribution in [1.82, 2.24) is 0 Å². The van der Waals surface area contributed by atoms with Gasteiger partial charge in [0.25, 0.3) is 5.69 Å². The van der Waals surface area contributed by atoms with E-state index >= 15 is 0 Å². The van der Waals surface area contributed by atoms with E-state index in [9.17, 15) is 10.1 Å². The Labute approximate surface area is 126 Å². The highest BCUT2D eigenvalue weighted by atomic mass is 35.5. The number of halogens is 2. The normalized spacial score (nSPS) is 10.3. The van der Waals surface area contributed by atoms with Gasteiger partial charge in [-0.2, -0.15) is 0 Å². The van der Waals surface area contributed by atoms with E-state index in [1.54, 1.807) is 6.07 Å². The van der Waals surface area contributed by atoms with E-state index in [1.807, 2.05) is 19.1 Å². The zero-order chi connectivity index (χ0) is 14.7. The highest BCUT2D eigenvalue weighted by molar-refractivity contribution is 6.32. The van der Waals surface area contributed by atoms with E-state index in [4.69, 9.17) is 27.9 Å². The summed E-state index contributed by atoms with van der Waals surface area (Å²) >= 11 is 11.8. The molecule has 0 aromatic heterocycles. The molecule has 104 valence electrons. The van der Waals surface area contributed by atoms with E-state index in [-0.39, 0.29) is 11.4 Å². The van der Waals surface area contributed by atoms with Crippen molar-refractivity contribution >= 4 is 28.9 Å². The molecule has 20 heavy (non-hydrogen) atoms. The molecule has 0 heterocycles. The first-order valence-electron chi connectivity index (χ1n) is 5.78. The highest BCUT2D eigenvalue weighted by Crippen LogP contribution is 2.34. The molecule has 0 aliphatic carbocycles. The van der Waals surface area contributed by atoms with Crippen LogP contribution in [0.5, 0.6) is 11.5 Å². The number of non-ortho nitro benzene ring substituents is 1. The summed E-state index contributed by atoms with van der Waals surface area (Å²) in [7, 11) is 0. The Morgan fingerprint density at radius 1 is 1.20 bits per heavy atom. The van der Waals surface area contributed by atoms with Crippen LogP contribution >= 0.6 is 23.2 Å². The SMILES string of the molecule is Cc1ccc(CCl)cc1Oc1cc([N+](=O)[O-])ccc1Cl. The third-order valence-corrected chi connectivity index (χ3v) is 3.37. The number of nitrogens with zero attached hydrogens (tertiary/aromatic N) is 1. The smallest absolute Gasteiger partial charge is 0.273 e. The second-order valence-corrected chi connectivity index (χ2v) is 4.88. The molecule has 2 aromatic rings. The van der Waals surface area contributed by atoms with Gasteiger partial charge in [-0.1, -0.05) is 23.7 Å². The number of hydrogen-bond acceptors (Lipinski definition) is 3. The molecule has 0 amide bonds. The lowest BCUT2D eigenvalue weighted by molar-refractivity contribution is -0.384. The zero-order valence-corrected chi connectivity index (χ0v) is 12.1. The van der Waals surface area contributed by atoms with Crippen LogP contribution in [0.25, 0.3) is 0 Å². The molecule has 0 unspecified atom stereocenters. The molecule has 0 atom stereocenters. The lowest BCUT2D eigenvalue weighted by atomic mass is 10.1. The summed E-state index contributed by atoms with van der Waals surface area (Å²) in [6, 6.07) is 9.63. The van der Waals surface area contributed by atoms with Crippen LogP contribution in [0, 0.1) is 17.0 Å². The Morgan fingerprint density at radius 2 is 1.95 bits per heavy atom. The summed E-state index contributed by atoms with van der Waals surface area (Å²) in [5, 5.41) is 11.1. The minimum absolute atomic E-state index is 0.0736. The van der Waals surface area contributed by atoms with Crippen LogP contribution in [-0.2, 0) is 5.88 Å². The fraction of sp³-hybridized carbons (Fsp3) is 0.143. The van der Waals surface area contributed by atoms with Gasteiger partial charge in [0.2, 0.25) is 0 Å². The summed E-state index contributed by atoms with van der Waals surface area (Å²) in [6.07, 6.45) is 0. The van der Waals surface area contributed by atoms with Crippen LogP contribution in [-0.4, -0.2) is 4.92 Å². The van der Waals surface area contributed by atoms with Crippen LogP contribution in [0.15, 0.2) is 36.4 Å². The molecular formula is C14H11Cl2NO3. The van der Waals surface area contributed by atoms with Crippen LogP contribution in [0.3, 0.4) is 0 Å². The molecular weight excluding hydrogens is 301 g/mol. The average molecular weight is 312 g/mol.